The molecule has 0 saturated heterocycles. The van der Waals surface area contributed by atoms with Gasteiger partial charge in [0.05, 0.1) is 27.3 Å². The third-order valence-corrected chi connectivity index (χ3v) is 10.2. The zero-order valence-electron chi connectivity index (χ0n) is 28.7. The molecule has 5 aromatic rings. The predicted molar refractivity (Wildman–Crippen MR) is 226 cm³/mol. The summed E-state index contributed by atoms with van der Waals surface area (Å²) >= 11 is 14.8. The second-order valence-electron chi connectivity index (χ2n) is 11.1. The molecule has 0 amide bonds. The lowest BCUT2D eigenvalue weighted by Crippen LogP contribution is -2.14. The van der Waals surface area contributed by atoms with Crippen LogP contribution in [-0.2, 0) is 20.0 Å². The minimum atomic E-state index is -4.05. The molecule has 19 heteroatoms. The van der Waals surface area contributed by atoms with Crippen LogP contribution in [-0.4, -0.2) is 39.2 Å². The first kappa shape index (κ1) is 47.9. The topological polar surface area (TPSA) is 154 Å². The van der Waals surface area contributed by atoms with E-state index in [1.54, 1.807) is 66.7 Å². The summed E-state index contributed by atoms with van der Waals surface area (Å²) in [4.78, 5) is 22.7. The van der Waals surface area contributed by atoms with Gasteiger partial charge in [-0.1, -0.05) is 77.8 Å². The van der Waals surface area contributed by atoms with E-state index in [0.717, 1.165) is 17.7 Å². The van der Waals surface area contributed by atoms with Crippen LogP contribution in [0.4, 0.5) is 8.78 Å². The number of carbonyl (C=O) groups excluding carboxylic acids is 2. The highest BCUT2D eigenvalue weighted by Gasteiger charge is 2.18. The van der Waals surface area contributed by atoms with E-state index in [2.05, 4.69) is 6.08 Å². The van der Waals surface area contributed by atoms with Crippen LogP contribution in [0.5, 0.6) is 0 Å². The van der Waals surface area contributed by atoms with Gasteiger partial charge in [0.2, 0.25) is 20.0 Å². The van der Waals surface area contributed by atoms with E-state index in [9.17, 15) is 35.2 Å². The molecule has 0 atom stereocenters. The number of nitrogens with two attached hydrogens (primary N) is 2. The van der Waals surface area contributed by atoms with Crippen LogP contribution in [0.25, 0.3) is 16.7 Å². The Balaban J connectivity index is 0.000000237. The van der Waals surface area contributed by atoms with Gasteiger partial charge in [-0.25, -0.2) is 66.0 Å². The average Bonchev–Trinajstić information content (AvgIpc) is 3.15. The van der Waals surface area contributed by atoms with Gasteiger partial charge in [-0.3, -0.25) is 9.59 Å². The third kappa shape index (κ3) is 15.0. The Bertz CT molecular complexity index is 2570. The minimum Gasteiger partial charge on any atom is -0.289 e. The molecule has 0 heterocycles. The zero-order chi connectivity index (χ0) is 42.5. The number of primary sulfonamides is 2. The van der Waals surface area contributed by atoms with E-state index in [0.29, 0.717) is 22.3 Å². The molecule has 57 heavy (non-hydrogen) atoms. The monoisotopic (exact) mass is 945 g/mol. The number of ketones is 1. The lowest BCUT2D eigenvalue weighted by molar-refractivity contribution is 0.103. The van der Waals surface area contributed by atoms with Gasteiger partial charge in [-0.15, -0.1) is 0 Å². The molecule has 8 nitrogen and oxygen atoms in total. The fraction of sp³-hybridized carbons (Fsp3) is 0. The molecule has 0 saturated carbocycles. The van der Waals surface area contributed by atoms with Crippen LogP contribution in [0, 0.1) is 17.7 Å². The molecule has 0 spiro atoms. The standard InChI is InChI=1S/C19H13ClFNO3S.C12H8F.C7H5Cl2NO3S.Al.3ClH/c20-16-10-9-14(11-18(16)26(22,24)25)19(23)13-7-5-12(6-8-13)15-3-1-2-4-17(15)21;13-12-9-5-4-8-11(12)10-6-2-1-3-7-10;8-5-2-1-4(7(9)11)3-6(5)14(10,12)13;;;;/h1-11H,(H2,22,24,25);1-2,4-9H;1-3H,(H2,10,12,13);;3*1H/q;+1;;+3;;;/p-3. The van der Waals surface area contributed by atoms with Crippen LogP contribution in [0.3, 0.4) is 0 Å². The van der Waals surface area contributed by atoms with Gasteiger partial charge in [0.1, 0.15) is 33.6 Å². The smallest absolute Gasteiger partial charge is 0.289 e. The molecule has 0 unspecified atom stereocenters. The number of sulfonamides is 2. The second kappa shape index (κ2) is 22.0. The summed E-state index contributed by atoms with van der Waals surface area (Å²) in [6.45, 7) is 0. The molecule has 294 valence electrons. The first-order chi connectivity index (χ1) is 26.7. The van der Waals surface area contributed by atoms with Gasteiger partial charge in [-0.2, -0.15) is 0 Å². The Labute approximate surface area is 360 Å². The number of benzene rings is 5. The molecular weight excluding hydrogens is 922 g/mol. The van der Waals surface area contributed by atoms with Crippen LogP contribution in [0.2, 0.25) is 10.0 Å². The number of rotatable bonds is 7. The minimum absolute atomic E-state index is 0.0279. The Hall–Kier alpha value is -3.48. The summed E-state index contributed by atoms with van der Waals surface area (Å²) in [6, 6.07) is 26.9. The van der Waals surface area contributed by atoms with Gasteiger partial charge in [0.15, 0.2) is 5.78 Å². The summed E-state index contributed by atoms with van der Waals surface area (Å²) in [6.07, 6.45) is 10.2. The van der Waals surface area contributed by atoms with Crippen molar-refractivity contribution in [2.45, 2.75) is 9.79 Å². The molecule has 6 rings (SSSR count). The first-order valence-corrected chi connectivity index (χ1v) is 25.0. The highest BCUT2D eigenvalue weighted by molar-refractivity contribution is 7.89. The summed E-state index contributed by atoms with van der Waals surface area (Å²) in [5, 5.41) is 9.09. The van der Waals surface area contributed by atoms with Crippen LogP contribution in [0.15, 0.2) is 143 Å². The van der Waals surface area contributed by atoms with Gasteiger partial charge in [-0.05, 0) is 71.8 Å². The molecule has 0 aliphatic heterocycles. The number of allylic oxidation sites excluding steroid dienone is 6. The van der Waals surface area contributed by atoms with Gasteiger partial charge < -0.3 is 0 Å². The first-order valence-electron chi connectivity index (χ1n) is 15.6. The van der Waals surface area contributed by atoms with Gasteiger partial charge in [0, 0.05) is 34.4 Å². The fourth-order valence-corrected chi connectivity index (χ4v) is 6.89. The molecule has 0 radical (unpaired) electrons. The quantitative estimate of drug-likeness (QED) is 0.0717. The van der Waals surface area contributed by atoms with Crippen molar-refractivity contribution in [1.82, 2.24) is 0 Å². The third-order valence-electron chi connectivity index (χ3n) is 7.19. The van der Waals surface area contributed by atoms with Crippen molar-refractivity contribution >= 4 is 113 Å². The Morgan fingerprint density at radius 3 is 1.51 bits per heavy atom. The van der Waals surface area contributed by atoms with Crippen LogP contribution in [0.1, 0.15) is 31.8 Å². The van der Waals surface area contributed by atoms with Crippen molar-refractivity contribution in [2.75, 3.05) is 0 Å². The van der Waals surface area contributed by atoms with Crippen molar-refractivity contribution in [3.8, 4) is 11.1 Å². The Morgan fingerprint density at radius 1 is 0.632 bits per heavy atom. The zero-order valence-corrected chi connectivity index (χ0v) is 36.0. The summed E-state index contributed by atoms with van der Waals surface area (Å²) in [7, 11) is 6.86. The number of carbonyl (C=O) groups is 2. The van der Waals surface area contributed by atoms with Crippen molar-refractivity contribution in [2.24, 2.45) is 10.3 Å². The maximum Gasteiger partial charge on any atom is 0.643 e. The number of hydrogen-bond donors (Lipinski definition) is 2. The van der Waals surface area contributed by atoms with E-state index >= 15 is 0 Å². The highest BCUT2D eigenvalue weighted by Crippen LogP contribution is 2.26. The summed E-state index contributed by atoms with van der Waals surface area (Å²) < 4.78 is 72.1. The predicted octanol–water partition coefficient (Wildman–Crippen LogP) is 10.2. The molecule has 5 aromatic carbocycles. The van der Waals surface area contributed by atoms with Crippen LogP contribution < -0.4 is 10.3 Å². The lowest BCUT2D eigenvalue weighted by atomic mass is 9.99. The molecule has 0 fully saturated rings. The van der Waals surface area contributed by atoms with Crippen molar-refractivity contribution in [1.29, 1.82) is 0 Å². The average molecular weight is 948 g/mol. The van der Waals surface area contributed by atoms with E-state index < -0.39 is 42.5 Å². The van der Waals surface area contributed by atoms with Crippen molar-refractivity contribution < 1.29 is 35.2 Å². The van der Waals surface area contributed by atoms with E-state index in [1.807, 2.05) is 18.2 Å². The maximum absolute atomic E-state index is 13.8. The fourth-order valence-electron chi connectivity index (χ4n) is 4.63. The van der Waals surface area contributed by atoms with Gasteiger partial charge >= 0.3 is 11.4 Å². The molecule has 0 aromatic heterocycles. The van der Waals surface area contributed by atoms with Crippen molar-refractivity contribution in [3.63, 3.8) is 0 Å². The molecular formula is C38H26AlCl6F2N2O6S2+. The van der Waals surface area contributed by atoms with Gasteiger partial charge in [0.25, 0.3) is 5.24 Å². The largest absolute Gasteiger partial charge is 0.643 e. The van der Waals surface area contributed by atoms with E-state index in [-0.39, 0.29) is 42.6 Å². The molecule has 1 aliphatic rings. The number of halogens is 8. The van der Waals surface area contributed by atoms with E-state index in [1.165, 1.54) is 36.4 Å². The number of hydrogen-bond acceptors (Lipinski definition) is 6. The normalized spacial score (nSPS) is 11.6. The van der Waals surface area contributed by atoms with Crippen molar-refractivity contribution in [3.05, 3.63) is 184 Å². The Kier molecular flexibility index (Phi) is 18.5. The molecule has 4 N–H and O–H groups in total. The summed E-state index contributed by atoms with van der Waals surface area (Å²) in [5.41, 5.74) is 3.03. The SMILES string of the molecule is Fc1ccccc1C1=CC=C[C+]=C1.NS(=O)(=O)c1cc(C(=O)Cl)ccc1Cl.NS(=O)(=O)c1cc(C(=O)c2ccc(-c3ccccc3F)cc2)ccc1Cl.[Cl][Al]([Cl])[Cl]. The van der Waals surface area contributed by atoms with E-state index in [4.69, 9.17) is 75.2 Å². The molecule has 0 bridgehead atoms. The lowest BCUT2D eigenvalue weighted by Gasteiger charge is -2.07. The highest BCUT2D eigenvalue weighted by atomic mass is 35.8. The second-order valence-corrected chi connectivity index (χ2v) is 21.7. The summed E-state index contributed by atoms with van der Waals surface area (Å²) in [5.74, 6) is -0.948. The molecule has 1 aliphatic carbocycles. The maximum atomic E-state index is 13.8. The Morgan fingerprint density at radius 2 is 1.07 bits per heavy atom. The van der Waals surface area contributed by atoms with Crippen LogP contribution >= 0.6 is 65.0 Å².